The summed E-state index contributed by atoms with van der Waals surface area (Å²) < 4.78 is 11.4. The summed E-state index contributed by atoms with van der Waals surface area (Å²) in [4.78, 5) is 37.6. The maximum atomic E-state index is 12.0. The number of carbonyl (C=O) groups excluding carboxylic acids is 2. The van der Waals surface area contributed by atoms with E-state index in [2.05, 4.69) is 25.9 Å². The van der Waals surface area contributed by atoms with E-state index in [4.69, 9.17) is 9.26 Å². The summed E-state index contributed by atoms with van der Waals surface area (Å²) >= 11 is 0. The van der Waals surface area contributed by atoms with E-state index in [-0.39, 0.29) is 49.7 Å². The highest BCUT2D eigenvalue weighted by Crippen LogP contribution is 2.08. The van der Waals surface area contributed by atoms with E-state index in [1.165, 1.54) is 16.9 Å². The van der Waals surface area contributed by atoms with Crippen molar-refractivity contribution in [2.45, 2.75) is 6.54 Å². The summed E-state index contributed by atoms with van der Waals surface area (Å²) in [6.07, 6.45) is 1.39. The molecule has 13 heteroatoms. The maximum absolute atomic E-state index is 12.0. The van der Waals surface area contributed by atoms with Crippen LogP contribution in [0.3, 0.4) is 0 Å². The second-order valence-corrected chi connectivity index (χ2v) is 5.85. The van der Waals surface area contributed by atoms with E-state index < -0.39 is 10.8 Å². The topological polar surface area (TPSA) is 167 Å². The fourth-order valence-electron chi connectivity index (χ4n) is 2.26. The molecule has 3 aromatic rings. The smallest absolute Gasteiger partial charge is 0.389 e. The van der Waals surface area contributed by atoms with Crippen molar-refractivity contribution in [2.24, 2.45) is 0 Å². The number of nitrogens with one attached hydrogen (secondary N) is 2. The molecule has 3 rings (SSSR count). The fourth-order valence-corrected chi connectivity index (χ4v) is 2.26. The van der Waals surface area contributed by atoms with Crippen molar-refractivity contribution in [3.63, 3.8) is 0 Å². The van der Waals surface area contributed by atoms with Gasteiger partial charge < -0.3 is 30.0 Å². The number of amides is 2. The first-order chi connectivity index (χ1) is 14.5. The van der Waals surface area contributed by atoms with Gasteiger partial charge in [-0.1, -0.05) is 23.4 Å². The van der Waals surface area contributed by atoms with Crippen molar-refractivity contribution in [3.8, 4) is 5.75 Å². The summed E-state index contributed by atoms with van der Waals surface area (Å²) in [6.45, 7) is 0.179. The third kappa shape index (κ3) is 5.85. The van der Waals surface area contributed by atoms with Crippen LogP contribution in [-0.2, 0) is 11.3 Å². The second-order valence-electron chi connectivity index (χ2n) is 5.85. The third-order valence-corrected chi connectivity index (χ3v) is 3.63. The average Bonchev–Trinajstić information content (AvgIpc) is 3.40. The maximum Gasteiger partial charge on any atom is 0.389 e. The molecule has 0 atom stereocenters. The molecule has 0 radical (unpaired) electrons. The molecule has 1 aromatic carbocycles. The lowest BCUT2D eigenvalue weighted by Crippen LogP contribution is -2.36. The standard InChI is InChI=1S/C17H17N7O6/c25-15(11-29-12-4-2-1-3-5-12)18-7-8-19-16(26)17-20-13(22-30-17)10-23-9-6-14(21-23)24(27)28/h1-6,9H,7-8,10-11H2,(H,18,25)(H,19,26). The highest BCUT2D eigenvalue weighted by atomic mass is 16.6. The number of nitrogens with zero attached hydrogens (tertiary/aromatic N) is 5. The number of rotatable bonds is 10. The molecule has 0 bridgehead atoms. The Morgan fingerprint density at radius 3 is 2.67 bits per heavy atom. The molecule has 2 heterocycles. The number of benzene rings is 1. The molecule has 0 unspecified atom stereocenters. The van der Waals surface area contributed by atoms with Gasteiger partial charge >= 0.3 is 17.6 Å². The summed E-state index contributed by atoms with van der Waals surface area (Å²) in [7, 11) is 0. The molecule has 2 amide bonds. The number of para-hydroxylation sites is 1. The Hall–Kier alpha value is -4.29. The van der Waals surface area contributed by atoms with Crippen LogP contribution in [0.1, 0.15) is 16.5 Å². The number of aromatic nitrogens is 4. The Bertz CT molecular complexity index is 1020. The SMILES string of the molecule is O=C(COc1ccccc1)NCCNC(=O)c1nc(Cn2ccc([N+](=O)[O-])n2)no1. The number of nitro groups is 1. The zero-order valence-electron chi connectivity index (χ0n) is 15.6. The quantitative estimate of drug-likeness (QED) is 0.266. The normalized spacial score (nSPS) is 10.4. The van der Waals surface area contributed by atoms with Crippen LogP contribution < -0.4 is 15.4 Å². The van der Waals surface area contributed by atoms with Crippen molar-refractivity contribution in [1.29, 1.82) is 0 Å². The van der Waals surface area contributed by atoms with Crippen LogP contribution in [0.5, 0.6) is 5.75 Å². The lowest BCUT2D eigenvalue weighted by atomic mass is 10.3. The summed E-state index contributed by atoms with van der Waals surface area (Å²) in [5, 5.41) is 23.1. The van der Waals surface area contributed by atoms with Gasteiger partial charge in [0.2, 0.25) is 0 Å². The summed E-state index contributed by atoms with van der Waals surface area (Å²) in [5.74, 6) is -0.822. The second kappa shape index (κ2) is 9.77. The average molecular weight is 415 g/mol. The van der Waals surface area contributed by atoms with Crippen LogP contribution in [0.15, 0.2) is 47.1 Å². The zero-order valence-corrected chi connectivity index (χ0v) is 15.6. The minimum Gasteiger partial charge on any atom is -0.484 e. The van der Waals surface area contributed by atoms with Gasteiger partial charge in [0.15, 0.2) is 12.4 Å². The van der Waals surface area contributed by atoms with Crippen molar-refractivity contribution in [2.75, 3.05) is 19.7 Å². The summed E-state index contributed by atoms with van der Waals surface area (Å²) in [5.41, 5.74) is 0. The van der Waals surface area contributed by atoms with Gasteiger partial charge in [0.25, 0.3) is 5.91 Å². The Balaban J connectivity index is 1.36. The van der Waals surface area contributed by atoms with Crippen molar-refractivity contribution in [3.05, 3.63) is 64.4 Å². The molecule has 2 aromatic heterocycles. The minimum atomic E-state index is -0.627. The predicted octanol–water partition coefficient (Wildman–Crippen LogP) is 0.148. The number of ether oxygens (including phenoxy) is 1. The molecule has 0 aliphatic rings. The summed E-state index contributed by atoms with van der Waals surface area (Å²) in [6, 6.07) is 10.1. The number of hydrogen-bond donors (Lipinski definition) is 2. The van der Waals surface area contributed by atoms with Crippen LogP contribution in [0.25, 0.3) is 0 Å². The zero-order chi connectivity index (χ0) is 21.3. The first kappa shape index (κ1) is 20.4. The molecule has 2 N–H and O–H groups in total. The monoisotopic (exact) mass is 415 g/mol. The molecule has 30 heavy (non-hydrogen) atoms. The van der Waals surface area contributed by atoms with Gasteiger partial charge in [-0.2, -0.15) is 9.67 Å². The van der Waals surface area contributed by atoms with Crippen LogP contribution in [0, 0.1) is 10.1 Å². The Morgan fingerprint density at radius 2 is 1.93 bits per heavy atom. The van der Waals surface area contributed by atoms with Gasteiger partial charge in [-0.15, -0.1) is 0 Å². The van der Waals surface area contributed by atoms with Gasteiger partial charge in [0.1, 0.15) is 12.3 Å². The van der Waals surface area contributed by atoms with Crippen molar-refractivity contribution in [1.82, 2.24) is 30.6 Å². The molecular formula is C17H17N7O6. The molecule has 0 saturated carbocycles. The van der Waals surface area contributed by atoms with Crippen molar-refractivity contribution >= 4 is 17.6 Å². The molecule has 0 aliphatic heterocycles. The van der Waals surface area contributed by atoms with Crippen LogP contribution in [0.4, 0.5) is 5.82 Å². The van der Waals surface area contributed by atoms with E-state index in [1.54, 1.807) is 24.3 Å². The van der Waals surface area contributed by atoms with Gasteiger partial charge in [-0.3, -0.25) is 9.59 Å². The van der Waals surface area contributed by atoms with E-state index in [0.717, 1.165) is 0 Å². The molecule has 156 valence electrons. The molecule has 0 saturated heterocycles. The Morgan fingerprint density at radius 1 is 1.17 bits per heavy atom. The predicted molar refractivity (Wildman–Crippen MR) is 99.6 cm³/mol. The molecular weight excluding hydrogens is 398 g/mol. The molecule has 0 fully saturated rings. The van der Waals surface area contributed by atoms with Gasteiger partial charge in [-0.05, 0) is 17.1 Å². The number of hydrogen-bond acceptors (Lipinski definition) is 9. The van der Waals surface area contributed by atoms with Gasteiger partial charge in [-0.25, -0.2) is 0 Å². The van der Waals surface area contributed by atoms with Crippen LogP contribution >= 0.6 is 0 Å². The van der Waals surface area contributed by atoms with Gasteiger partial charge in [0, 0.05) is 13.1 Å². The first-order valence-corrected chi connectivity index (χ1v) is 8.74. The first-order valence-electron chi connectivity index (χ1n) is 8.74. The highest BCUT2D eigenvalue weighted by Gasteiger charge is 2.17. The van der Waals surface area contributed by atoms with E-state index >= 15 is 0 Å². The number of carbonyl (C=O) groups is 2. The van der Waals surface area contributed by atoms with Crippen molar-refractivity contribution < 1.29 is 23.8 Å². The third-order valence-electron chi connectivity index (χ3n) is 3.63. The van der Waals surface area contributed by atoms with Gasteiger partial charge in [0.05, 0.1) is 17.4 Å². The Kier molecular flexibility index (Phi) is 6.66. The van der Waals surface area contributed by atoms with E-state index in [1.807, 2.05) is 6.07 Å². The molecule has 0 aliphatic carbocycles. The lowest BCUT2D eigenvalue weighted by Gasteiger charge is -2.07. The largest absolute Gasteiger partial charge is 0.484 e. The molecule has 0 spiro atoms. The lowest BCUT2D eigenvalue weighted by molar-refractivity contribution is -0.389. The Labute approximate surface area is 169 Å². The van der Waals surface area contributed by atoms with E-state index in [0.29, 0.717) is 5.75 Å². The highest BCUT2D eigenvalue weighted by molar-refractivity contribution is 5.89. The molecule has 13 nitrogen and oxygen atoms in total. The minimum absolute atomic E-state index is 0.00208. The fraction of sp³-hybridized carbons (Fsp3) is 0.235. The van der Waals surface area contributed by atoms with E-state index in [9.17, 15) is 19.7 Å². The van der Waals surface area contributed by atoms with Crippen LogP contribution in [-0.4, -0.2) is 56.4 Å². The van der Waals surface area contributed by atoms with Crippen LogP contribution in [0.2, 0.25) is 0 Å².